The minimum atomic E-state index is -3.32. The molecule has 6 N–H and O–H groups in total. The average molecular weight is 512 g/mol. The summed E-state index contributed by atoms with van der Waals surface area (Å²) < 4.78 is 20.6. The lowest BCUT2D eigenvalue weighted by molar-refractivity contribution is -0.428. The Labute approximate surface area is 207 Å². The molecule has 0 amide bonds. The minimum absolute atomic E-state index is 0.0171. The van der Waals surface area contributed by atoms with Crippen molar-refractivity contribution in [1.29, 1.82) is 0 Å². The van der Waals surface area contributed by atoms with Crippen LogP contribution >= 0.6 is 0 Å². The van der Waals surface area contributed by atoms with Crippen molar-refractivity contribution in [1.82, 2.24) is 14.6 Å². The van der Waals surface area contributed by atoms with Crippen LogP contribution in [0.25, 0.3) is 0 Å². The molecule has 0 bridgehead atoms. The van der Waals surface area contributed by atoms with Crippen molar-refractivity contribution in [3.8, 4) is 0 Å². The van der Waals surface area contributed by atoms with Gasteiger partial charge in [-0.05, 0) is 18.4 Å². The quantitative estimate of drug-likeness (QED) is 0.103. The number of hydrogen-bond donors (Lipinski definition) is 6. The summed E-state index contributed by atoms with van der Waals surface area (Å²) in [5.41, 5.74) is -4.70. The number of nitrogens with one attached hydrogen (secondary N) is 1. The Morgan fingerprint density at radius 2 is 1.83 bits per heavy atom. The smallest absolute Gasteiger partial charge is 0.332 e. The summed E-state index contributed by atoms with van der Waals surface area (Å²) in [5, 5.41) is 53.4. The third kappa shape index (κ3) is 5.30. The van der Waals surface area contributed by atoms with Gasteiger partial charge in [0.1, 0.15) is 12.2 Å². The number of rotatable bonds is 12. The molecule has 12 heteroatoms. The van der Waals surface area contributed by atoms with Gasteiger partial charge in [-0.15, -0.1) is 5.06 Å². The van der Waals surface area contributed by atoms with Crippen LogP contribution in [-0.4, -0.2) is 71.1 Å². The third-order valence-corrected chi connectivity index (χ3v) is 6.48. The Morgan fingerprint density at radius 3 is 2.47 bits per heavy atom. The maximum absolute atomic E-state index is 15.0. The summed E-state index contributed by atoms with van der Waals surface area (Å²) in [6, 6.07) is 8.69. The summed E-state index contributed by atoms with van der Waals surface area (Å²) in [4.78, 5) is 27.1. The molecule has 5 atom stereocenters. The van der Waals surface area contributed by atoms with Gasteiger partial charge in [-0.1, -0.05) is 62.9 Å². The van der Waals surface area contributed by atoms with Gasteiger partial charge in [0.15, 0.2) is 6.30 Å². The van der Waals surface area contributed by atoms with Gasteiger partial charge in [0.2, 0.25) is 5.72 Å². The highest BCUT2D eigenvalue weighted by atomic mass is 19.1. The molecule has 0 saturated carbocycles. The minimum Gasteiger partial charge on any atom is -0.394 e. The Morgan fingerprint density at radius 1 is 1.17 bits per heavy atom. The molecular formula is C24H34FN3O8. The lowest BCUT2D eigenvalue weighted by Gasteiger charge is -2.43. The van der Waals surface area contributed by atoms with Gasteiger partial charge >= 0.3 is 11.6 Å². The molecule has 1 saturated heterocycles. The number of unbranched alkanes of at least 4 members (excludes halogenated alkanes) is 4. The maximum atomic E-state index is 15.0. The number of hydrogen-bond acceptors (Lipinski definition) is 9. The first-order valence-electron chi connectivity index (χ1n) is 12.0. The molecule has 1 unspecified atom stereocenters. The van der Waals surface area contributed by atoms with Crippen LogP contribution in [0.2, 0.25) is 0 Å². The van der Waals surface area contributed by atoms with E-state index in [0.717, 1.165) is 25.5 Å². The lowest BCUT2D eigenvalue weighted by Crippen LogP contribution is -2.69. The second kappa shape index (κ2) is 11.7. The number of ether oxygens (including phenoxy) is 1. The van der Waals surface area contributed by atoms with Gasteiger partial charge in [0.25, 0.3) is 5.56 Å². The molecule has 0 spiro atoms. The molecule has 11 nitrogen and oxygen atoms in total. The number of aromatic amines is 1. The summed E-state index contributed by atoms with van der Waals surface area (Å²) >= 11 is 0. The zero-order valence-corrected chi connectivity index (χ0v) is 20.1. The SMILES string of the molecule is CCCCCCCC(F)N(O)[C@@]1(O)[C@H](O)[C@@H](CO)O[C@@]1(O)n1cc(Cc2ccccc2)c(=O)[nH]c1=O. The van der Waals surface area contributed by atoms with Crippen molar-refractivity contribution in [2.45, 2.75) is 82.0 Å². The van der Waals surface area contributed by atoms with Crippen molar-refractivity contribution in [2.24, 2.45) is 0 Å². The molecule has 200 valence electrons. The van der Waals surface area contributed by atoms with E-state index < -0.39 is 48.0 Å². The zero-order chi connectivity index (χ0) is 26.5. The molecule has 0 aliphatic carbocycles. The number of hydroxylamine groups is 2. The van der Waals surface area contributed by atoms with E-state index in [2.05, 4.69) is 0 Å². The van der Waals surface area contributed by atoms with E-state index in [0.29, 0.717) is 23.0 Å². The summed E-state index contributed by atoms with van der Waals surface area (Å²) in [7, 11) is 0. The average Bonchev–Trinajstić information content (AvgIpc) is 3.07. The van der Waals surface area contributed by atoms with Gasteiger partial charge in [0.05, 0.1) is 6.61 Å². The van der Waals surface area contributed by atoms with E-state index in [1.807, 2.05) is 11.9 Å². The molecule has 2 aromatic rings. The van der Waals surface area contributed by atoms with Crippen molar-refractivity contribution >= 4 is 0 Å². The van der Waals surface area contributed by atoms with Crippen molar-refractivity contribution in [2.75, 3.05) is 6.61 Å². The molecule has 1 aliphatic heterocycles. The predicted octanol–water partition coefficient (Wildman–Crippen LogP) is 0.518. The Hall–Kier alpha value is -2.45. The van der Waals surface area contributed by atoms with Crippen LogP contribution in [0.5, 0.6) is 0 Å². The summed E-state index contributed by atoms with van der Waals surface area (Å²) in [6.45, 7) is 1.08. The number of nitrogens with zero attached hydrogens (tertiary/aromatic N) is 2. The van der Waals surface area contributed by atoms with Crippen LogP contribution in [0.1, 0.15) is 56.6 Å². The second-order valence-electron chi connectivity index (χ2n) is 9.05. The number of aliphatic hydroxyl groups is 4. The fraction of sp³-hybridized carbons (Fsp3) is 0.583. The molecule has 0 radical (unpaired) electrons. The lowest BCUT2D eigenvalue weighted by atomic mass is 9.99. The molecular weight excluding hydrogens is 477 g/mol. The van der Waals surface area contributed by atoms with Gasteiger partial charge in [-0.25, -0.2) is 13.8 Å². The highest BCUT2D eigenvalue weighted by Crippen LogP contribution is 2.44. The van der Waals surface area contributed by atoms with Crippen LogP contribution in [0.3, 0.4) is 0 Å². The fourth-order valence-corrected chi connectivity index (χ4v) is 4.40. The van der Waals surface area contributed by atoms with Crippen molar-refractivity contribution in [3.63, 3.8) is 0 Å². The fourth-order valence-electron chi connectivity index (χ4n) is 4.40. The van der Waals surface area contributed by atoms with E-state index >= 15 is 4.39 Å². The zero-order valence-electron chi connectivity index (χ0n) is 20.1. The molecule has 1 aromatic carbocycles. The van der Waals surface area contributed by atoms with Crippen LogP contribution in [0, 0.1) is 0 Å². The number of H-pyrrole nitrogens is 1. The number of alkyl halides is 1. The summed E-state index contributed by atoms with van der Waals surface area (Å²) in [6.07, 6.45) is -1.78. The third-order valence-electron chi connectivity index (χ3n) is 6.48. The topological polar surface area (TPSA) is 168 Å². The van der Waals surface area contributed by atoms with E-state index in [-0.39, 0.29) is 23.5 Å². The highest BCUT2D eigenvalue weighted by Gasteiger charge is 2.71. The van der Waals surface area contributed by atoms with Crippen LogP contribution in [0.15, 0.2) is 46.1 Å². The van der Waals surface area contributed by atoms with E-state index in [9.17, 15) is 35.2 Å². The maximum Gasteiger partial charge on any atom is 0.332 e. The molecule has 3 rings (SSSR count). The Kier molecular flexibility index (Phi) is 9.17. The first-order chi connectivity index (χ1) is 17.1. The Bertz CT molecular complexity index is 1110. The van der Waals surface area contributed by atoms with Gasteiger partial charge in [0, 0.05) is 18.2 Å². The van der Waals surface area contributed by atoms with E-state index in [1.54, 1.807) is 30.3 Å². The molecule has 1 aromatic heterocycles. The van der Waals surface area contributed by atoms with Crippen LogP contribution in [0.4, 0.5) is 4.39 Å². The van der Waals surface area contributed by atoms with Crippen molar-refractivity contribution in [3.05, 3.63) is 68.5 Å². The van der Waals surface area contributed by atoms with Crippen LogP contribution in [-0.2, 0) is 17.1 Å². The monoisotopic (exact) mass is 511 g/mol. The summed E-state index contributed by atoms with van der Waals surface area (Å²) in [5.74, 6) is -3.28. The Balaban J connectivity index is 1.99. The second-order valence-corrected chi connectivity index (χ2v) is 9.05. The molecule has 1 aliphatic rings. The van der Waals surface area contributed by atoms with E-state index in [1.165, 1.54) is 0 Å². The number of aromatic nitrogens is 2. The van der Waals surface area contributed by atoms with Gasteiger partial charge < -0.3 is 30.4 Å². The first-order valence-corrected chi connectivity index (χ1v) is 12.0. The van der Waals surface area contributed by atoms with E-state index in [4.69, 9.17) is 4.74 Å². The standard InChI is InChI=1S/C24H34FN3O8/c1-2-3-4-5-9-12-19(25)28(35)23(33)20(30)18(15-29)36-24(23,34)27-14-17(21(31)26-22(27)32)13-16-10-7-6-8-11-16/h6-8,10-11,14,18-20,29-30,33-35H,2-5,9,12-13,15H2,1H3,(H,26,31,32)/t18-,19?,20-,23-,24-/m1/s1. The number of halogens is 1. The number of benzene rings is 1. The number of aliphatic hydroxyl groups excluding tert-OH is 2. The van der Waals surface area contributed by atoms with Crippen molar-refractivity contribution < 1.29 is 34.8 Å². The first kappa shape index (κ1) is 28.1. The largest absolute Gasteiger partial charge is 0.394 e. The molecule has 2 heterocycles. The van der Waals surface area contributed by atoms with Crippen LogP contribution < -0.4 is 11.2 Å². The molecule has 1 fully saturated rings. The highest BCUT2D eigenvalue weighted by molar-refractivity contribution is 5.23. The van der Waals surface area contributed by atoms with Gasteiger partial charge in [-0.2, -0.15) is 0 Å². The molecule has 36 heavy (non-hydrogen) atoms. The predicted molar refractivity (Wildman–Crippen MR) is 126 cm³/mol. The normalized spacial score (nSPS) is 27.0. The van der Waals surface area contributed by atoms with Gasteiger partial charge in [-0.3, -0.25) is 9.78 Å².